The van der Waals surface area contributed by atoms with Gasteiger partial charge in [0.15, 0.2) is 11.0 Å². The second-order valence-electron chi connectivity index (χ2n) is 7.10. The van der Waals surface area contributed by atoms with Crippen LogP contribution in [0.3, 0.4) is 0 Å². The quantitative estimate of drug-likeness (QED) is 0.671. The number of aromatic nitrogens is 3. The molecule has 1 N–H and O–H groups in total. The lowest BCUT2D eigenvalue weighted by atomic mass is 9.97. The monoisotopic (exact) mass is 422 g/mol. The smallest absolute Gasteiger partial charge is 0.230 e. The Bertz CT molecular complexity index is 758. The van der Waals surface area contributed by atoms with Crippen molar-refractivity contribution in [2.75, 3.05) is 5.75 Å². The van der Waals surface area contributed by atoms with Crippen LogP contribution >= 0.6 is 23.4 Å². The van der Waals surface area contributed by atoms with Gasteiger partial charge in [0, 0.05) is 18.1 Å². The third kappa shape index (κ3) is 6.41. The van der Waals surface area contributed by atoms with Gasteiger partial charge in [-0.3, -0.25) is 4.79 Å². The Morgan fingerprint density at radius 1 is 1.18 bits per heavy atom. The highest BCUT2D eigenvalue weighted by Crippen LogP contribution is 2.20. The molecule has 0 unspecified atom stereocenters. The lowest BCUT2D eigenvalue weighted by Crippen LogP contribution is -2.36. The zero-order chi connectivity index (χ0) is 19.8. The molecule has 1 heterocycles. The third-order valence-corrected chi connectivity index (χ3v) is 6.18. The fourth-order valence-electron chi connectivity index (χ4n) is 3.28. The van der Waals surface area contributed by atoms with Crippen molar-refractivity contribution >= 4 is 29.3 Å². The predicted octanol–water partition coefficient (Wildman–Crippen LogP) is 4.37. The van der Waals surface area contributed by atoms with E-state index in [2.05, 4.69) is 15.5 Å². The zero-order valence-corrected chi connectivity index (χ0v) is 17.8. The van der Waals surface area contributed by atoms with E-state index in [9.17, 15) is 4.79 Å². The molecule has 1 fully saturated rings. The minimum atomic E-state index is 0.0672. The highest BCUT2D eigenvalue weighted by atomic mass is 35.5. The van der Waals surface area contributed by atoms with Gasteiger partial charge in [-0.1, -0.05) is 55.5 Å². The van der Waals surface area contributed by atoms with E-state index in [0.717, 1.165) is 18.6 Å². The van der Waals surface area contributed by atoms with Crippen LogP contribution in [0.5, 0.6) is 5.75 Å². The summed E-state index contributed by atoms with van der Waals surface area (Å²) in [5, 5.41) is 12.9. The maximum absolute atomic E-state index is 12.3. The van der Waals surface area contributed by atoms with E-state index in [1.165, 1.54) is 43.9 Å². The molecule has 3 rings (SSSR count). The highest BCUT2D eigenvalue weighted by molar-refractivity contribution is 7.99. The summed E-state index contributed by atoms with van der Waals surface area (Å²) in [6.45, 7) is 0.306. The Morgan fingerprint density at radius 2 is 1.86 bits per heavy atom. The van der Waals surface area contributed by atoms with Crippen molar-refractivity contribution in [1.82, 2.24) is 20.1 Å². The number of benzene rings is 1. The Morgan fingerprint density at radius 3 is 2.57 bits per heavy atom. The van der Waals surface area contributed by atoms with Crippen LogP contribution in [0.1, 0.15) is 50.8 Å². The number of hydrogen-bond acceptors (Lipinski definition) is 5. The number of amides is 1. The summed E-state index contributed by atoms with van der Waals surface area (Å²) in [6.07, 6.45) is 8.48. The molecule has 2 aromatic rings. The molecule has 6 nitrogen and oxygen atoms in total. The maximum atomic E-state index is 12.3. The molecule has 1 aliphatic rings. The number of carbonyl (C=O) groups is 1. The minimum Gasteiger partial charge on any atom is -0.486 e. The average Bonchev–Trinajstić information content (AvgIpc) is 3.01. The first kappa shape index (κ1) is 21.0. The fraction of sp³-hybridized carbons (Fsp3) is 0.550. The number of carbonyl (C=O) groups excluding carboxylic acids is 1. The zero-order valence-electron chi connectivity index (χ0n) is 16.2. The standard InChI is InChI=1S/C20H27ClN4O2S/c1-25-18(13-27-17-11-9-15(21)10-12-17)23-24-20(25)28-14-19(26)22-16-7-5-3-2-4-6-8-16/h9-12,16H,2-8,13-14H2,1H3,(H,22,26). The van der Waals surface area contributed by atoms with Gasteiger partial charge in [0.05, 0.1) is 5.75 Å². The van der Waals surface area contributed by atoms with Gasteiger partial charge < -0.3 is 14.6 Å². The van der Waals surface area contributed by atoms with Crippen LogP contribution in [0.2, 0.25) is 5.02 Å². The van der Waals surface area contributed by atoms with Gasteiger partial charge in [-0.25, -0.2) is 0 Å². The number of rotatable bonds is 7. The van der Waals surface area contributed by atoms with Gasteiger partial charge in [-0.2, -0.15) is 0 Å². The van der Waals surface area contributed by atoms with Crippen LogP contribution < -0.4 is 10.1 Å². The molecular formula is C20H27ClN4O2S. The van der Waals surface area contributed by atoms with E-state index in [-0.39, 0.29) is 5.91 Å². The van der Waals surface area contributed by atoms with Crippen LogP contribution in [-0.4, -0.2) is 32.5 Å². The van der Waals surface area contributed by atoms with E-state index in [1.807, 2.05) is 23.7 Å². The van der Waals surface area contributed by atoms with Crippen LogP contribution in [0.25, 0.3) is 0 Å². The first-order valence-corrected chi connectivity index (χ1v) is 11.2. The lowest BCUT2D eigenvalue weighted by molar-refractivity contribution is -0.119. The van der Waals surface area contributed by atoms with E-state index < -0.39 is 0 Å². The number of ether oxygens (including phenoxy) is 1. The summed E-state index contributed by atoms with van der Waals surface area (Å²) in [5.74, 6) is 1.84. The molecule has 1 aromatic carbocycles. The Labute approximate surface area is 175 Å². The van der Waals surface area contributed by atoms with Crippen LogP contribution in [-0.2, 0) is 18.4 Å². The van der Waals surface area contributed by atoms with E-state index in [0.29, 0.717) is 34.4 Å². The van der Waals surface area contributed by atoms with Crippen molar-refractivity contribution in [3.63, 3.8) is 0 Å². The molecular weight excluding hydrogens is 396 g/mol. The van der Waals surface area contributed by atoms with Crippen molar-refractivity contribution in [3.05, 3.63) is 35.1 Å². The molecule has 0 spiro atoms. The number of nitrogens with one attached hydrogen (secondary N) is 1. The number of hydrogen-bond donors (Lipinski definition) is 1. The van der Waals surface area contributed by atoms with Crippen molar-refractivity contribution in [1.29, 1.82) is 0 Å². The summed E-state index contributed by atoms with van der Waals surface area (Å²) < 4.78 is 7.58. The van der Waals surface area contributed by atoms with Gasteiger partial charge in [0.1, 0.15) is 12.4 Å². The van der Waals surface area contributed by atoms with Crippen molar-refractivity contribution in [2.24, 2.45) is 7.05 Å². The lowest BCUT2D eigenvalue weighted by Gasteiger charge is -2.20. The second kappa shape index (κ2) is 10.7. The van der Waals surface area contributed by atoms with Gasteiger partial charge in [-0.15, -0.1) is 10.2 Å². The molecule has 0 aliphatic heterocycles. The highest BCUT2D eigenvalue weighted by Gasteiger charge is 2.16. The predicted molar refractivity (Wildman–Crippen MR) is 112 cm³/mol. The van der Waals surface area contributed by atoms with Crippen molar-refractivity contribution in [3.8, 4) is 5.75 Å². The fourth-order valence-corrected chi connectivity index (χ4v) is 4.14. The van der Waals surface area contributed by atoms with E-state index in [1.54, 1.807) is 12.1 Å². The van der Waals surface area contributed by atoms with Crippen LogP contribution in [0, 0.1) is 0 Å². The summed E-state index contributed by atoms with van der Waals surface area (Å²) in [6, 6.07) is 7.51. The topological polar surface area (TPSA) is 69.0 Å². The molecule has 1 aliphatic carbocycles. The van der Waals surface area contributed by atoms with Crippen molar-refractivity contribution in [2.45, 2.75) is 62.8 Å². The number of thioether (sulfide) groups is 1. The van der Waals surface area contributed by atoms with E-state index in [4.69, 9.17) is 16.3 Å². The molecule has 0 atom stereocenters. The molecule has 1 amide bonds. The Hall–Kier alpha value is -1.73. The van der Waals surface area contributed by atoms with Crippen molar-refractivity contribution < 1.29 is 9.53 Å². The normalized spacial score (nSPS) is 15.6. The molecule has 0 bridgehead atoms. The third-order valence-electron chi connectivity index (χ3n) is 4.91. The van der Waals surface area contributed by atoms with Gasteiger partial charge in [0.25, 0.3) is 0 Å². The number of nitrogens with zero attached hydrogens (tertiary/aromatic N) is 3. The Balaban J connectivity index is 1.45. The maximum Gasteiger partial charge on any atom is 0.230 e. The van der Waals surface area contributed by atoms with Gasteiger partial charge in [0.2, 0.25) is 5.91 Å². The minimum absolute atomic E-state index is 0.0672. The van der Waals surface area contributed by atoms with Crippen LogP contribution in [0.15, 0.2) is 29.4 Å². The molecule has 152 valence electrons. The largest absolute Gasteiger partial charge is 0.486 e. The molecule has 1 saturated carbocycles. The van der Waals surface area contributed by atoms with Crippen LogP contribution in [0.4, 0.5) is 0 Å². The SMILES string of the molecule is Cn1c(COc2ccc(Cl)cc2)nnc1SCC(=O)NC1CCCCCCC1. The second-order valence-corrected chi connectivity index (χ2v) is 8.48. The average molecular weight is 423 g/mol. The number of halogens is 1. The summed E-state index contributed by atoms with van der Waals surface area (Å²) in [7, 11) is 1.88. The summed E-state index contributed by atoms with van der Waals surface area (Å²) in [5.41, 5.74) is 0. The first-order valence-electron chi connectivity index (χ1n) is 9.80. The Kier molecular flexibility index (Phi) is 8.03. The summed E-state index contributed by atoms with van der Waals surface area (Å²) >= 11 is 7.28. The first-order chi connectivity index (χ1) is 13.6. The van der Waals surface area contributed by atoms with Gasteiger partial charge in [-0.05, 0) is 37.1 Å². The molecule has 28 heavy (non-hydrogen) atoms. The summed E-state index contributed by atoms with van der Waals surface area (Å²) in [4.78, 5) is 12.3. The molecule has 0 radical (unpaired) electrons. The van der Waals surface area contributed by atoms with E-state index >= 15 is 0 Å². The van der Waals surface area contributed by atoms with Gasteiger partial charge >= 0.3 is 0 Å². The molecule has 8 heteroatoms. The molecule has 1 aromatic heterocycles. The molecule has 0 saturated heterocycles.